The van der Waals surface area contributed by atoms with Crippen molar-refractivity contribution in [2.24, 2.45) is 5.14 Å². The van der Waals surface area contributed by atoms with Gasteiger partial charge in [-0.25, -0.2) is 18.5 Å². The quantitative estimate of drug-likeness (QED) is 0.621. The number of hydrogen-bond acceptors (Lipinski definition) is 5. The monoisotopic (exact) mass is 461 g/mol. The predicted octanol–water partition coefficient (Wildman–Crippen LogP) is 3.12. The average molecular weight is 462 g/mol. The molecule has 0 bridgehead atoms. The molecule has 1 saturated carbocycles. The number of sulfonamides is 1. The molecule has 1 spiro atoms. The number of nitrogens with one attached hydrogen (secondary N) is 1. The Morgan fingerprint density at radius 3 is 2.61 bits per heavy atom. The molecule has 0 atom stereocenters. The van der Waals surface area contributed by atoms with E-state index in [0.29, 0.717) is 6.54 Å². The third-order valence-corrected chi connectivity index (χ3v) is 7.57. The third-order valence-electron chi connectivity index (χ3n) is 6.08. The molecule has 7 nitrogen and oxygen atoms in total. The molecule has 2 aromatic heterocycles. The Balaban J connectivity index is 1.51. The Kier molecular flexibility index (Phi) is 4.05. The van der Waals surface area contributed by atoms with Gasteiger partial charge in [0.25, 0.3) is 0 Å². The summed E-state index contributed by atoms with van der Waals surface area (Å²) in [4.78, 5) is 5.09. The van der Waals surface area contributed by atoms with Crippen LogP contribution in [0.2, 0.25) is 0 Å². The van der Waals surface area contributed by atoms with Crippen molar-refractivity contribution in [1.82, 2.24) is 14.6 Å². The van der Waals surface area contributed by atoms with E-state index in [1.54, 1.807) is 18.3 Å². The minimum Gasteiger partial charge on any atom is -0.366 e. The van der Waals surface area contributed by atoms with Crippen molar-refractivity contribution in [2.75, 3.05) is 5.32 Å². The largest absolute Gasteiger partial charge is 0.366 e. The summed E-state index contributed by atoms with van der Waals surface area (Å²) in [6, 6.07) is 6.62. The zero-order valence-electron chi connectivity index (χ0n) is 15.2. The lowest BCUT2D eigenvalue weighted by molar-refractivity contribution is 0.238. The van der Waals surface area contributed by atoms with Gasteiger partial charge in [-0.3, -0.25) is 0 Å². The molecule has 3 aromatic rings. The molecule has 0 unspecified atom stereocenters. The molecule has 0 amide bonds. The fourth-order valence-corrected chi connectivity index (χ4v) is 5.28. The Hall–Kier alpha value is -1.97. The first-order valence-electron chi connectivity index (χ1n) is 9.30. The highest BCUT2D eigenvalue weighted by atomic mass is 79.9. The molecule has 1 aromatic carbocycles. The van der Waals surface area contributed by atoms with Crippen LogP contribution >= 0.6 is 15.9 Å². The summed E-state index contributed by atoms with van der Waals surface area (Å²) in [6.45, 7) is 0.556. The molecule has 5 rings (SSSR count). The van der Waals surface area contributed by atoms with Crippen LogP contribution in [-0.2, 0) is 28.4 Å². The van der Waals surface area contributed by atoms with Gasteiger partial charge in [-0.05, 0) is 59.3 Å². The van der Waals surface area contributed by atoms with Crippen LogP contribution in [0.4, 0.5) is 5.82 Å². The second-order valence-electron chi connectivity index (χ2n) is 7.69. The Morgan fingerprint density at radius 2 is 1.96 bits per heavy atom. The number of nitrogens with zero attached hydrogens (tertiary/aromatic N) is 3. The van der Waals surface area contributed by atoms with Crippen LogP contribution in [0, 0.1) is 0 Å². The molecule has 0 aliphatic heterocycles. The van der Waals surface area contributed by atoms with Crippen LogP contribution in [0.25, 0.3) is 5.65 Å². The topological polar surface area (TPSA) is 102 Å². The summed E-state index contributed by atoms with van der Waals surface area (Å²) in [5.41, 5.74) is 4.52. The predicted molar refractivity (Wildman–Crippen MR) is 110 cm³/mol. The summed E-state index contributed by atoms with van der Waals surface area (Å²) in [5, 5.41) is 13.2. The lowest BCUT2D eigenvalue weighted by Crippen LogP contribution is -2.32. The fraction of sp³-hybridized carbons (Fsp3) is 0.368. The smallest absolute Gasteiger partial charge is 0.238 e. The molecule has 146 valence electrons. The van der Waals surface area contributed by atoms with Crippen LogP contribution in [0.15, 0.2) is 39.8 Å². The lowest BCUT2D eigenvalue weighted by atomic mass is 9.67. The number of anilines is 1. The van der Waals surface area contributed by atoms with Gasteiger partial charge in [0.05, 0.1) is 21.3 Å². The second-order valence-corrected chi connectivity index (χ2v) is 10.1. The van der Waals surface area contributed by atoms with Gasteiger partial charge in [-0.15, -0.1) is 0 Å². The molecular formula is C19H20BrN5O2S. The van der Waals surface area contributed by atoms with E-state index in [-0.39, 0.29) is 10.3 Å². The van der Waals surface area contributed by atoms with Gasteiger partial charge in [-0.1, -0.05) is 18.6 Å². The van der Waals surface area contributed by atoms with Gasteiger partial charge in [0.15, 0.2) is 5.65 Å². The molecule has 0 radical (unpaired) electrons. The van der Waals surface area contributed by atoms with Crippen LogP contribution in [0.3, 0.4) is 0 Å². The number of nitrogens with two attached hydrogens (primary N) is 1. The number of benzene rings is 1. The molecule has 1 fully saturated rings. The Bertz CT molecular complexity index is 1180. The van der Waals surface area contributed by atoms with E-state index in [1.165, 1.54) is 42.7 Å². The van der Waals surface area contributed by atoms with Crippen LogP contribution in [0.5, 0.6) is 0 Å². The molecule has 0 saturated heterocycles. The molecule has 3 N–H and O–H groups in total. The first kappa shape index (κ1) is 18.1. The van der Waals surface area contributed by atoms with E-state index in [0.717, 1.165) is 34.3 Å². The number of fused-ring (bicyclic) bond motifs is 3. The SMILES string of the molecule is NS(=O)(=O)c1ccc(CNc2c3c(nc4c(Br)cnn24)C2(CCC2)CC3)cc1. The van der Waals surface area contributed by atoms with Crippen molar-refractivity contribution < 1.29 is 8.42 Å². The number of halogens is 1. The zero-order chi connectivity index (χ0) is 19.5. The minimum absolute atomic E-state index is 0.117. The van der Waals surface area contributed by atoms with E-state index >= 15 is 0 Å². The summed E-state index contributed by atoms with van der Waals surface area (Å²) < 4.78 is 25.6. The molecule has 2 aliphatic rings. The second kappa shape index (κ2) is 6.27. The highest BCUT2D eigenvalue weighted by Gasteiger charge is 2.46. The van der Waals surface area contributed by atoms with Crippen molar-refractivity contribution in [3.05, 3.63) is 51.8 Å². The molecule has 2 heterocycles. The highest BCUT2D eigenvalue weighted by Crippen LogP contribution is 2.53. The van der Waals surface area contributed by atoms with Crippen molar-refractivity contribution in [1.29, 1.82) is 0 Å². The number of primary sulfonamides is 1. The maximum absolute atomic E-state index is 11.4. The standard InChI is InChI=1S/C19H20BrN5O2S/c20-15-11-23-25-17(22-10-12-2-4-13(5-3-12)28(21,26)27)14-6-9-19(7-1-8-19)16(14)24-18(15)25/h2-5,11,22H,1,6-10H2,(H2,21,26,27). The van der Waals surface area contributed by atoms with Gasteiger partial charge in [0.2, 0.25) is 10.0 Å². The van der Waals surface area contributed by atoms with Crippen molar-refractivity contribution in [3.8, 4) is 0 Å². The van der Waals surface area contributed by atoms with E-state index in [9.17, 15) is 8.42 Å². The van der Waals surface area contributed by atoms with Gasteiger partial charge in [0.1, 0.15) is 5.82 Å². The minimum atomic E-state index is -3.68. The number of rotatable bonds is 4. The van der Waals surface area contributed by atoms with Gasteiger partial charge in [0, 0.05) is 17.5 Å². The van der Waals surface area contributed by atoms with E-state index < -0.39 is 10.0 Å². The Morgan fingerprint density at radius 1 is 1.21 bits per heavy atom. The first-order valence-corrected chi connectivity index (χ1v) is 11.6. The normalized spacial score (nSPS) is 17.6. The molecular weight excluding hydrogens is 442 g/mol. The molecule has 28 heavy (non-hydrogen) atoms. The number of aromatic nitrogens is 3. The summed E-state index contributed by atoms with van der Waals surface area (Å²) in [5.74, 6) is 0.977. The van der Waals surface area contributed by atoms with Crippen molar-refractivity contribution in [2.45, 2.75) is 49.0 Å². The summed E-state index contributed by atoms with van der Waals surface area (Å²) >= 11 is 3.57. The summed E-state index contributed by atoms with van der Waals surface area (Å²) in [7, 11) is -3.68. The fourth-order valence-electron chi connectivity index (χ4n) is 4.41. The summed E-state index contributed by atoms with van der Waals surface area (Å²) in [6.07, 6.45) is 7.62. The van der Waals surface area contributed by atoms with Gasteiger partial charge >= 0.3 is 0 Å². The van der Waals surface area contributed by atoms with E-state index in [1.807, 2.05) is 4.52 Å². The van der Waals surface area contributed by atoms with Crippen LogP contribution < -0.4 is 10.5 Å². The molecule has 2 aliphatic carbocycles. The average Bonchev–Trinajstić information content (AvgIpc) is 3.20. The van der Waals surface area contributed by atoms with E-state index in [4.69, 9.17) is 10.1 Å². The third kappa shape index (κ3) is 2.75. The lowest BCUT2D eigenvalue weighted by Gasteiger charge is -2.38. The van der Waals surface area contributed by atoms with Crippen molar-refractivity contribution in [3.63, 3.8) is 0 Å². The van der Waals surface area contributed by atoms with Gasteiger partial charge < -0.3 is 5.32 Å². The first-order chi connectivity index (χ1) is 13.4. The van der Waals surface area contributed by atoms with Gasteiger partial charge in [-0.2, -0.15) is 9.61 Å². The van der Waals surface area contributed by atoms with E-state index in [2.05, 4.69) is 26.3 Å². The van der Waals surface area contributed by atoms with Crippen molar-refractivity contribution >= 4 is 37.4 Å². The number of hydrogen-bond donors (Lipinski definition) is 2. The maximum atomic E-state index is 11.4. The zero-order valence-corrected chi connectivity index (χ0v) is 17.6. The van der Waals surface area contributed by atoms with Crippen LogP contribution in [0.1, 0.15) is 42.5 Å². The Labute approximate surface area is 171 Å². The molecule has 9 heteroatoms. The highest BCUT2D eigenvalue weighted by molar-refractivity contribution is 9.10. The maximum Gasteiger partial charge on any atom is 0.238 e. The van der Waals surface area contributed by atoms with Crippen LogP contribution in [-0.4, -0.2) is 23.0 Å².